The summed E-state index contributed by atoms with van der Waals surface area (Å²) in [6.07, 6.45) is 2.67. The number of nitrogens with zero attached hydrogens (tertiary/aromatic N) is 3. The highest BCUT2D eigenvalue weighted by atomic mass is 16.4. The number of rotatable bonds is 4. The van der Waals surface area contributed by atoms with Gasteiger partial charge in [-0.1, -0.05) is 12.8 Å². The highest BCUT2D eigenvalue weighted by Gasteiger charge is 2.36. The molecule has 1 aliphatic carbocycles. The van der Waals surface area contributed by atoms with Crippen LogP contribution in [0.15, 0.2) is 16.9 Å². The first-order valence-corrected chi connectivity index (χ1v) is 8.54. The summed E-state index contributed by atoms with van der Waals surface area (Å²) in [5, 5.41) is 16.4. The van der Waals surface area contributed by atoms with Gasteiger partial charge in [-0.05, 0) is 26.7 Å². The standard InChI is InChI=1S/C17H21N5O4/c1-9-8-14(23)20-17(18-9)22-13(7-10(2)21-22)19-15(24)11-5-3-4-6-12(11)16(25)26/h7-8,11-12H,3-6H2,1-2H3,(H,19,24)(H,25,26)(H,18,20,23)/t11-,12-/m1/s1. The minimum Gasteiger partial charge on any atom is -0.481 e. The van der Waals surface area contributed by atoms with E-state index in [4.69, 9.17) is 0 Å². The molecule has 0 spiro atoms. The summed E-state index contributed by atoms with van der Waals surface area (Å²) in [5.41, 5.74) is 0.825. The Kier molecular flexibility index (Phi) is 4.88. The number of aromatic nitrogens is 4. The van der Waals surface area contributed by atoms with Crippen molar-refractivity contribution in [2.75, 3.05) is 5.32 Å². The predicted octanol–water partition coefficient (Wildman–Crippen LogP) is 1.40. The summed E-state index contributed by atoms with van der Waals surface area (Å²) in [5.74, 6) is -2.03. The zero-order valence-electron chi connectivity index (χ0n) is 14.7. The van der Waals surface area contributed by atoms with Crippen molar-refractivity contribution in [3.05, 3.63) is 33.9 Å². The van der Waals surface area contributed by atoms with Crippen molar-refractivity contribution in [3.63, 3.8) is 0 Å². The first kappa shape index (κ1) is 17.8. The van der Waals surface area contributed by atoms with Gasteiger partial charge in [-0.2, -0.15) is 9.78 Å². The molecular formula is C17H21N5O4. The molecule has 0 radical (unpaired) electrons. The Hall–Kier alpha value is -2.97. The summed E-state index contributed by atoms with van der Waals surface area (Å²) < 4.78 is 1.35. The van der Waals surface area contributed by atoms with Gasteiger partial charge in [0.1, 0.15) is 5.82 Å². The molecule has 1 saturated carbocycles. The quantitative estimate of drug-likeness (QED) is 0.756. The fraction of sp³-hybridized carbons (Fsp3) is 0.471. The number of carboxylic acid groups (broad SMARTS) is 1. The van der Waals surface area contributed by atoms with Crippen LogP contribution in [0.2, 0.25) is 0 Å². The van der Waals surface area contributed by atoms with E-state index in [1.165, 1.54) is 10.7 Å². The number of aromatic amines is 1. The molecule has 0 unspecified atom stereocenters. The Labute approximate surface area is 149 Å². The van der Waals surface area contributed by atoms with E-state index >= 15 is 0 Å². The average Bonchev–Trinajstić information content (AvgIpc) is 2.94. The summed E-state index contributed by atoms with van der Waals surface area (Å²) in [7, 11) is 0. The van der Waals surface area contributed by atoms with Crippen LogP contribution in [-0.2, 0) is 9.59 Å². The lowest BCUT2D eigenvalue weighted by atomic mass is 9.79. The van der Waals surface area contributed by atoms with Crippen LogP contribution in [0.1, 0.15) is 37.1 Å². The molecule has 0 bridgehead atoms. The van der Waals surface area contributed by atoms with Gasteiger partial charge < -0.3 is 10.4 Å². The first-order chi connectivity index (χ1) is 12.3. The van der Waals surface area contributed by atoms with E-state index in [-0.39, 0.29) is 17.4 Å². The number of carbonyl (C=O) groups excluding carboxylic acids is 1. The number of anilines is 1. The van der Waals surface area contributed by atoms with Crippen LogP contribution in [-0.4, -0.2) is 36.7 Å². The number of hydrogen-bond donors (Lipinski definition) is 3. The second kappa shape index (κ2) is 7.11. The number of nitrogens with one attached hydrogen (secondary N) is 2. The summed E-state index contributed by atoms with van der Waals surface area (Å²) >= 11 is 0. The maximum Gasteiger partial charge on any atom is 0.307 e. The maximum atomic E-state index is 12.7. The molecule has 2 atom stereocenters. The van der Waals surface area contributed by atoms with Crippen LogP contribution in [0.5, 0.6) is 0 Å². The highest BCUT2D eigenvalue weighted by Crippen LogP contribution is 2.31. The van der Waals surface area contributed by atoms with Crippen LogP contribution in [0.25, 0.3) is 5.95 Å². The largest absolute Gasteiger partial charge is 0.481 e. The molecule has 2 aromatic rings. The van der Waals surface area contributed by atoms with Gasteiger partial charge in [0.15, 0.2) is 0 Å². The molecular weight excluding hydrogens is 338 g/mol. The second-order valence-corrected chi connectivity index (χ2v) is 6.62. The Balaban J connectivity index is 1.89. The van der Waals surface area contributed by atoms with Crippen LogP contribution in [0.3, 0.4) is 0 Å². The van der Waals surface area contributed by atoms with Gasteiger partial charge in [0.05, 0.1) is 17.5 Å². The van der Waals surface area contributed by atoms with E-state index in [1.54, 1.807) is 19.9 Å². The Morgan fingerprint density at radius 1 is 1.19 bits per heavy atom. The lowest BCUT2D eigenvalue weighted by Crippen LogP contribution is -2.36. The van der Waals surface area contributed by atoms with Gasteiger partial charge in [0.2, 0.25) is 11.9 Å². The lowest BCUT2D eigenvalue weighted by molar-refractivity contribution is -0.147. The third-order valence-electron chi connectivity index (χ3n) is 4.56. The predicted molar refractivity (Wildman–Crippen MR) is 93.2 cm³/mol. The molecule has 1 fully saturated rings. The molecule has 0 aromatic carbocycles. The fourth-order valence-corrected chi connectivity index (χ4v) is 3.37. The number of aryl methyl sites for hydroxylation is 2. The molecule has 9 nitrogen and oxygen atoms in total. The topological polar surface area (TPSA) is 130 Å². The molecule has 138 valence electrons. The van der Waals surface area contributed by atoms with Gasteiger partial charge >= 0.3 is 5.97 Å². The number of amides is 1. The molecule has 3 N–H and O–H groups in total. The zero-order valence-corrected chi connectivity index (χ0v) is 14.7. The molecule has 3 rings (SSSR count). The van der Waals surface area contributed by atoms with Crippen LogP contribution < -0.4 is 10.9 Å². The zero-order chi connectivity index (χ0) is 18.8. The molecule has 2 heterocycles. The normalized spacial score (nSPS) is 19.9. The number of carboxylic acids is 1. The van der Waals surface area contributed by atoms with Gasteiger partial charge in [0, 0.05) is 17.8 Å². The number of hydrogen-bond acceptors (Lipinski definition) is 5. The summed E-state index contributed by atoms with van der Waals surface area (Å²) in [4.78, 5) is 42.7. The average molecular weight is 359 g/mol. The first-order valence-electron chi connectivity index (χ1n) is 8.54. The third kappa shape index (κ3) is 3.66. The molecule has 2 aromatic heterocycles. The van der Waals surface area contributed by atoms with Gasteiger partial charge in [-0.15, -0.1) is 0 Å². The van der Waals surface area contributed by atoms with Crippen molar-refractivity contribution in [2.45, 2.75) is 39.5 Å². The molecule has 9 heteroatoms. The van der Waals surface area contributed by atoms with Crippen molar-refractivity contribution in [1.29, 1.82) is 0 Å². The fourth-order valence-electron chi connectivity index (χ4n) is 3.37. The molecule has 0 saturated heterocycles. The van der Waals surface area contributed by atoms with E-state index in [9.17, 15) is 19.5 Å². The number of H-pyrrole nitrogens is 1. The minimum absolute atomic E-state index is 0.192. The van der Waals surface area contributed by atoms with Crippen molar-refractivity contribution >= 4 is 17.7 Å². The van der Waals surface area contributed by atoms with E-state index in [0.29, 0.717) is 30.0 Å². The third-order valence-corrected chi connectivity index (χ3v) is 4.56. The summed E-state index contributed by atoms with van der Waals surface area (Å²) in [6.45, 7) is 3.44. The van der Waals surface area contributed by atoms with Gasteiger partial charge in [-0.3, -0.25) is 19.4 Å². The summed E-state index contributed by atoms with van der Waals surface area (Å²) in [6, 6.07) is 3.01. The second-order valence-electron chi connectivity index (χ2n) is 6.62. The molecule has 26 heavy (non-hydrogen) atoms. The van der Waals surface area contributed by atoms with E-state index in [1.807, 2.05) is 0 Å². The monoisotopic (exact) mass is 359 g/mol. The van der Waals surface area contributed by atoms with E-state index < -0.39 is 17.8 Å². The number of carbonyl (C=O) groups is 2. The van der Waals surface area contributed by atoms with Crippen LogP contribution in [0.4, 0.5) is 5.82 Å². The Bertz CT molecular complexity index is 901. The van der Waals surface area contributed by atoms with Crippen molar-refractivity contribution < 1.29 is 14.7 Å². The van der Waals surface area contributed by atoms with Crippen molar-refractivity contribution in [1.82, 2.24) is 19.7 Å². The smallest absolute Gasteiger partial charge is 0.307 e. The lowest BCUT2D eigenvalue weighted by Gasteiger charge is -2.27. The van der Waals surface area contributed by atoms with E-state index in [2.05, 4.69) is 20.4 Å². The van der Waals surface area contributed by atoms with Gasteiger partial charge in [-0.25, -0.2) is 4.98 Å². The van der Waals surface area contributed by atoms with Gasteiger partial charge in [0.25, 0.3) is 5.56 Å². The SMILES string of the molecule is Cc1cc(=O)[nH]c(-n2nc(C)cc2NC(=O)[C@@H]2CCCC[C@H]2C(=O)O)n1. The Morgan fingerprint density at radius 2 is 1.88 bits per heavy atom. The van der Waals surface area contributed by atoms with Crippen LogP contribution >= 0.6 is 0 Å². The Morgan fingerprint density at radius 3 is 2.54 bits per heavy atom. The minimum atomic E-state index is -0.945. The molecule has 0 aliphatic heterocycles. The van der Waals surface area contributed by atoms with Crippen LogP contribution in [0, 0.1) is 25.7 Å². The van der Waals surface area contributed by atoms with Crippen molar-refractivity contribution in [3.8, 4) is 5.95 Å². The molecule has 1 amide bonds. The maximum absolute atomic E-state index is 12.7. The van der Waals surface area contributed by atoms with Crippen molar-refractivity contribution in [2.24, 2.45) is 11.8 Å². The molecule has 1 aliphatic rings. The number of aliphatic carboxylic acids is 1. The highest BCUT2D eigenvalue weighted by molar-refractivity contribution is 5.94. The van der Waals surface area contributed by atoms with E-state index in [0.717, 1.165) is 12.8 Å².